The van der Waals surface area contributed by atoms with Crippen molar-refractivity contribution < 1.29 is 39.6 Å². The van der Waals surface area contributed by atoms with Gasteiger partial charge >= 0.3 is 23.9 Å². The van der Waals surface area contributed by atoms with Crippen LogP contribution in [0, 0.1) is 0 Å². The summed E-state index contributed by atoms with van der Waals surface area (Å²) in [5, 5.41) is 45.4. The van der Waals surface area contributed by atoms with Crippen molar-refractivity contribution in [1.29, 1.82) is 0 Å². The third-order valence-electron chi connectivity index (χ3n) is 5.54. The minimum absolute atomic E-state index is 0.138. The molecular weight excluding hydrogens is 492 g/mol. The molecule has 38 heavy (non-hydrogen) atoms. The fourth-order valence-electron chi connectivity index (χ4n) is 3.64. The van der Waals surface area contributed by atoms with Gasteiger partial charge in [-0.05, 0) is 82.9 Å². The molecule has 0 bridgehead atoms. The lowest BCUT2D eigenvalue weighted by molar-refractivity contribution is 0.0676. The molecule has 0 aliphatic heterocycles. The van der Waals surface area contributed by atoms with Crippen LogP contribution in [0.2, 0.25) is 0 Å². The molecule has 0 fully saturated rings. The maximum absolute atomic E-state index is 11.4. The normalized spacial score (nSPS) is 10.8. The average Bonchev–Trinajstić information content (AvgIpc) is 2.91. The van der Waals surface area contributed by atoms with Crippen molar-refractivity contribution >= 4 is 35.3 Å². The van der Waals surface area contributed by atoms with Crippen LogP contribution in [0.5, 0.6) is 0 Å². The van der Waals surface area contributed by atoms with Crippen molar-refractivity contribution in [2.24, 2.45) is 10.2 Å². The molecule has 4 aromatic rings. The van der Waals surface area contributed by atoms with E-state index < -0.39 is 23.9 Å². The highest BCUT2D eigenvalue weighted by Crippen LogP contribution is 2.28. The summed E-state index contributed by atoms with van der Waals surface area (Å²) in [7, 11) is 0. The lowest BCUT2D eigenvalue weighted by atomic mass is 9.99. The summed E-state index contributed by atoms with van der Waals surface area (Å²) in [6, 6.07) is 21.0. The minimum atomic E-state index is -1.23. The smallest absolute Gasteiger partial charge is 0.335 e. The Hall–Kier alpha value is -5.64. The van der Waals surface area contributed by atoms with Crippen molar-refractivity contribution in [3.63, 3.8) is 0 Å². The molecule has 0 saturated heterocycles. The molecule has 10 heteroatoms. The Labute approximate surface area is 214 Å². The Bertz CT molecular complexity index is 1420. The van der Waals surface area contributed by atoms with Gasteiger partial charge in [0.05, 0.1) is 33.6 Å². The summed E-state index contributed by atoms with van der Waals surface area (Å²) in [5.41, 5.74) is 2.49. The Kier molecular flexibility index (Phi) is 7.06. The molecule has 4 aromatic carbocycles. The first kappa shape index (κ1) is 25.5. The van der Waals surface area contributed by atoms with Gasteiger partial charge in [0.1, 0.15) is 0 Å². The van der Waals surface area contributed by atoms with Crippen LogP contribution in [0.15, 0.2) is 95.2 Å². The number of carbonyl (C=O) groups is 4. The van der Waals surface area contributed by atoms with Crippen LogP contribution in [-0.2, 0) is 0 Å². The van der Waals surface area contributed by atoms with E-state index in [1.165, 1.54) is 24.3 Å². The van der Waals surface area contributed by atoms with E-state index in [0.29, 0.717) is 33.6 Å². The molecular formula is C28H18N2O8. The monoisotopic (exact) mass is 510 g/mol. The zero-order valence-electron chi connectivity index (χ0n) is 19.4. The zero-order valence-corrected chi connectivity index (χ0v) is 19.4. The lowest BCUT2D eigenvalue weighted by Crippen LogP contribution is -2.02. The first-order valence-corrected chi connectivity index (χ1v) is 11.0. The third kappa shape index (κ3) is 5.77. The van der Waals surface area contributed by atoms with Gasteiger partial charge in [0.25, 0.3) is 0 Å². The topological polar surface area (TPSA) is 174 Å². The Morgan fingerprint density at radius 1 is 0.395 bits per heavy atom. The van der Waals surface area contributed by atoms with Gasteiger partial charge in [-0.3, -0.25) is 0 Å². The second kappa shape index (κ2) is 10.5. The standard InChI is InChI=1S/C28H18N2O8/c31-25(32)19-9-17(10-20(13-19)26(33)34)15-1-5-23(6-2-15)29-30-24-7-3-16(4-8-24)18-11-21(27(35)36)14-22(12-18)28(37)38/h1-14H,(H,31,32)(H,33,34)(H,35,36)(H,37,38). The molecule has 0 unspecified atom stereocenters. The highest BCUT2D eigenvalue weighted by Gasteiger charge is 2.14. The van der Waals surface area contributed by atoms with Gasteiger partial charge in [-0.1, -0.05) is 24.3 Å². The fourth-order valence-corrected chi connectivity index (χ4v) is 3.64. The lowest BCUT2D eigenvalue weighted by Gasteiger charge is -2.06. The van der Waals surface area contributed by atoms with Crippen LogP contribution in [0.25, 0.3) is 22.3 Å². The van der Waals surface area contributed by atoms with E-state index in [9.17, 15) is 39.6 Å². The van der Waals surface area contributed by atoms with E-state index in [2.05, 4.69) is 10.2 Å². The molecule has 0 aliphatic carbocycles. The van der Waals surface area contributed by atoms with Crippen LogP contribution in [-0.4, -0.2) is 44.3 Å². The van der Waals surface area contributed by atoms with Gasteiger partial charge in [0.2, 0.25) is 0 Å². The Morgan fingerprint density at radius 2 is 0.658 bits per heavy atom. The molecule has 0 amide bonds. The van der Waals surface area contributed by atoms with E-state index >= 15 is 0 Å². The van der Waals surface area contributed by atoms with Gasteiger partial charge < -0.3 is 20.4 Å². The number of carboxylic acids is 4. The first-order valence-electron chi connectivity index (χ1n) is 11.0. The summed E-state index contributed by atoms with van der Waals surface area (Å²) >= 11 is 0. The van der Waals surface area contributed by atoms with Gasteiger partial charge in [0, 0.05) is 0 Å². The number of benzene rings is 4. The van der Waals surface area contributed by atoms with Crippen LogP contribution >= 0.6 is 0 Å². The molecule has 4 rings (SSSR count). The molecule has 0 aliphatic rings. The van der Waals surface area contributed by atoms with E-state index in [4.69, 9.17) is 0 Å². The molecule has 0 spiro atoms. The zero-order chi connectivity index (χ0) is 27.4. The number of carboxylic acid groups (broad SMARTS) is 4. The van der Waals surface area contributed by atoms with Gasteiger partial charge in [-0.15, -0.1) is 0 Å². The fraction of sp³-hybridized carbons (Fsp3) is 0. The Morgan fingerprint density at radius 3 is 0.895 bits per heavy atom. The molecule has 0 heterocycles. The number of aromatic carboxylic acids is 4. The van der Waals surface area contributed by atoms with E-state index in [-0.39, 0.29) is 22.3 Å². The molecule has 10 nitrogen and oxygen atoms in total. The predicted octanol–water partition coefficient (Wildman–Crippen LogP) is 6.23. The molecule has 0 aromatic heterocycles. The predicted molar refractivity (Wildman–Crippen MR) is 136 cm³/mol. The SMILES string of the molecule is O=C(O)c1cc(C(=O)O)cc(-c2ccc(N=Nc3ccc(-c4cc(C(=O)O)cc(C(=O)O)c4)cc3)cc2)c1. The maximum atomic E-state index is 11.4. The number of hydrogen-bond donors (Lipinski definition) is 4. The first-order chi connectivity index (χ1) is 18.1. The van der Waals surface area contributed by atoms with Crippen molar-refractivity contribution in [1.82, 2.24) is 0 Å². The van der Waals surface area contributed by atoms with E-state index in [0.717, 1.165) is 12.1 Å². The van der Waals surface area contributed by atoms with Gasteiger partial charge in [-0.2, -0.15) is 10.2 Å². The van der Waals surface area contributed by atoms with Crippen LogP contribution in [0.4, 0.5) is 11.4 Å². The quantitative estimate of drug-likeness (QED) is 0.202. The third-order valence-corrected chi connectivity index (χ3v) is 5.54. The van der Waals surface area contributed by atoms with Crippen molar-refractivity contribution in [3.8, 4) is 22.3 Å². The summed E-state index contributed by atoms with van der Waals surface area (Å²) < 4.78 is 0. The second-order valence-corrected chi connectivity index (χ2v) is 8.11. The summed E-state index contributed by atoms with van der Waals surface area (Å²) in [4.78, 5) is 45.4. The minimum Gasteiger partial charge on any atom is -0.478 e. The summed E-state index contributed by atoms with van der Waals surface area (Å²) in [6.45, 7) is 0. The van der Waals surface area contributed by atoms with Crippen LogP contribution in [0.1, 0.15) is 41.4 Å². The molecule has 0 atom stereocenters. The highest BCUT2D eigenvalue weighted by atomic mass is 16.4. The summed E-state index contributed by atoms with van der Waals surface area (Å²) in [5.74, 6) is -4.93. The number of rotatable bonds is 8. The molecule has 0 radical (unpaired) electrons. The Balaban J connectivity index is 1.54. The van der Waals surface area contributed by atoms with E-state index in [1.807, 2.05) is 0 Å². The summed E-state index contributed by atoms with van der Waals surface area (Å²) in [6.07, 6.45) is 0. The maximum Gasteiger partial charge on any atom is 0.335 e. The molecule has 4 N–H and O–H groups in total. The van der Waals surface area contributed by atoms with Crippen LogP contribution < -0.4 is 0 Å². The molecule has 188 valence electrons. The second-order valence-electron chi connectivity index (χ2n) is 8.11. The van der Waals surface area contributed by atoms with Crippen LogP contribution in [0.3, 0.4) is 0 Å². The molecule has 0 saturated carbocycles. The van der Waals surface area contributed by atoms with Crippen molar-refractivity contribution in [2.75, 3.05) is 0 Å². The number of hydrogen-bond acceptors (Lipinski definition) is 6. The van der Waals surface area contributed by atoms with Gasteiger partial charge in [0.15, 0.2) is 0 Å². The highest BCUT2D eigenvalue weighted by molar-refractivity contribution is 5.97. The largest absolute Gasteiger partial charge is 0.478 e. The van der Waals surface area contributed by atoms with Crippen molar-refractivity contribution in [3.05, 3.63) is 107 Å². The number of azo groups is 1. The van der Waals surface area contributed by atoms with Crippen molar-refractivity contribution in [2.45, 2.75) is 0 Å². The number of nitrogens with zero attached hydrogens (tertiary/aromatic N) is 2. The van der Waals surface area contributed by atoms with Gasteiger partial charge in [-0.25, -0.2) is 19.2 Å². The average molecular weight is 510 g/mol. The van der Waals surface area contributed by atoms with E-state index in [1.54, 1.807) is 48.5 Å².